The van der Waals surface area contributed by atoms with Crippen molar-refractivity contribution in [2.45, 2.75) is 45.1 Å². The number of hydrogen-bond donors (Lipinski definition) is 0. The molecule has 2 nitrogen and oxygen atoms in total. The number of hydrogen-bond acceptors (Lipinski definition) is 2. The number of ether oxygens (including phenoxy) is 1. The Morgan fingerprint density at radius 3 is 2.62 bits per heavy atom. The molecule has 0 amide bonds. The van der Waals surface area contributed by atoms with Crippen LogP contribution in [-0.4, -0.2) is 13.2 Å². The molecule has 0 heterocycles. The monoisotopic (exact) mass is 181 g/mol. The molecule has 0 aromatic carbocycles. The highest BCUT2D eigenvalue weighted by atomic mass is 16.5. The summed E-state index contributed by atoms with van der Waals surface area (Å²) >= 11 is 0. The van der Waals surface area contributed by atoms with Crippen LogP contribution in [0.15, 0.2) is 0 Å². The number of rotatable bonds is 4. The van der Waals surface area contributed by atoms with Crippen LogP contribution in [0.2, 0.25) is 0 Å². The lowest BCUT2D eigenvalue weighted by molar-refractivity contribution is 0.0346. The molecule has 1 aliphatic carbocycles. The smallest absolute Gasteiger partial charge is 0.0627 e. The van der Waals surface area contributed by atoms with Gasteiger partial charge >= 0.3 is 0 Å². The van der Waals surface area contributed by atoms with Gasteiger partial charge in [-0.15, -0.1) is 0 Å². The van der Waals surface area contributed by atoms with Crippen molar-refractivity contribution in [1.82, 2.24) is 0 Å². The third-order valence-corrected chi connectivity index (χ3v) is 3.26. The van der Waals surface area contributed by atoms with Gasteiger partial charge < -0.3 is 4.74 Å². The van der Waals surface area contributed by atoms with Crippen LogP contribution in [0.3, 0.4) is 0 Å². The van der Waals surface area contributed by atoms with Crippen molar-refractivity contribution in [1.29, 1.82) is 5.26 Å². The first-order chi connectivity index (χ1) is 6.33. The summed E-state index contributed by atoms with van der Waals surface area (Å²) in [7, 11) is 1.80. The van der Waals surface area contributed by atoms with Gasteiger partial charge in [-0.3, -0.25) is 0 Å². The van der Waals surface area contributed by atoms with Crippen molar-refractivity contribution in [3.63, 3.8) is 0 Å². The van der Waals surface area contributed by atoms with Gasteiger partial charge in [0, 0.05) is 13.5 Å². The molecule has 74 valence electrons. The molecule has 0 N–H and O–H groups in total. The van der Waals surface area contributed by atoms with Crippen molar-refractivity contribution >= 4 is 0 Å². The summed E-state index contributed by atoms with van der Waals surface area (Å²) in [6.45, 7) is 2.23. The molecule has 0 radical (unpaired) electrons. The van der Waals surface area contributed by atoms with E-state index < -0.39 is 0 Å². The van der Waals surface area contributed by atoms with E-state index in [0.717, 1.165) is 12.3 Å². The highest BCUT2D eigenvalue weighted by molar-refractivity contribution is 4.87. The Morgan fingerprint density at radius 2 is 2.08 bits per heavy atom. The minimum atomic E-state index is 0.415. The maximum absolute atomic E-state index is 8.52. The molecule has 0 spiro atoms. The summed E-state index contributed by atoms with van der Waals surface area (Å²) in [5.41, 5.74) is 0. The van der Waals surface area contributed by atoms with E-state index in [1.54, 1.807) is 7.11 Å². The van der Waals surface area contributed by atoms with Crippen LogP contribution >= 0.6 is 0 Å². The van der Waals surface area contributed by atoms with Crippen molar-refractivity contribution in [2.24, 2.45) is 11.8 Å². The molecular formula is C11H19NO. The van der Waals surface area contributed by atoms with Gasteiger partial charge in [0.1, 0.15) is 0 Å². The first kappa shape index (κ1) is 10.5. The Balaban J connectivity index is 2.43. The Morgan fingerprint density at radius 1 is 1.38 bits per heavy atom. The van der Waals surface area contributed by atoms with Crippen LogP contribution in [-0.2, 0) is 4.74 Å². The SMILES string of the molecule is CCC1CCC(CCC#N)C1OC. The number of nitriles is 1. The van der Waals surface area contributed by atoms with Gasteiger partial charge in [0.15, 0.2) is 0 Å². The molecule has 1 aliphatic rings. The predicted molar refractivity (Wildman–Crippen MR) is 52.1 cm³/mol. The molecule has 0 saturated heterocycles. The van der Waals surface area contributed by atoms with E-state index in [1.807, 2.05) is 0 Å². The number of nitrogens with zero attached hydrogens (tertiary/aromatic N) is 1. The van der Waals surface area contributed by atoms with E-state index in [-0.39, 0.29) is 0 Å². The lowest BCUT2D eigenvalue weighted by atomic mass is 9.95. The predicted octanol–water partition coefficient (Wildman–Crippen LogP) is 2.74. The molecule has 1 rings (SSSR count). The van der Waals surface area contributed by atoms with Gasteiger partial charge in [0.05, 0.1) is 12.2 Å². The third kappa shape index (κ3) is 2.45. The minimum absolute atomic E-state index is 0.415. The molecule has 2 heteroatoms. The van der Waals surface area contributed by atoms with Gasteiger partial charge in [0.25, 0.3) is 0 Å². The quantitative estimate of drug-likeness (QED) is 0.668. The Bertz CT molecular complexity index is 185. The largest absolute Gasteiger partial charge is 0.381 e. The zero-order chi connectivity index (χ0) is 9.68. The van der Waals surface area contributed by atoms with Crippen molar-refractivity contribution in [3.8, 4) is 6.07 Å². The molecule has 1 fully saturated rings. The molecule has 3 unspecified atom stereocenters. The molecule has 3 atom stereocenters. The maximum Gasteiger partial charge on any atom is 0.0627 e. The lowest BCUT2D eigenvalue weighted by Gasteiger charge is -2.21. The average Bonchev–Trinajstić information content (AvgIpc) is 2.56. The molecule has 0 aromatic rings. The summed E-state index contributed by atoms with van der Waals surface area (Å²) in [6, 6.07) is 2.22. The van der Waals surface area contributed by atoms with Crippen LogP contribution in [0.25, 0.3) is 0 Å². The fourth-order valence-corrected chi connectivity index (χ4v) is 2.52. The summed E-state index contributed by atoms with van der Waals surface area (Å²) in [4.78, 5) is 0. The van der Waals surface area contributed by atoms with E-state index in [1.165, 1.54) is 19.3 Å². The second kappa shape index (κ2) is 5.24. The molecule has 0 aliphatic heterocycles. The van der Waals surface area contributed by atoms with E-state index in [2.05, 4.69) is 13.0 Å². The second-order valence-corrected chi connectivity index (χ2v) is 3.90. The first-order valence-corrected chi connectivity index (χ1v) is 5.23. The van der Waals surface area contributed by atoms with Crippen LogP contribution in [0.4, 0.5) is 0 Å². The Labute approximate surface area is 80.9 Å². The Kier molecular flexibility index (Phi) is 4.24. The van der Waals surface area contributed by atoms with E-state index in [4.69, 9.17) is 10.00 Å². The maximum atomic E-state index is 8.52. The average molecular weight is 181 g/mol. The van der Waals surface area contributed by atoms with Gasteiger partial charge in [0.2, 0.25) is 0 Å². The molecule has 1 saturated carbocycles. The Hall–Kier alpha value is -0.550. The minimum Gasteiger partial charge on any atom is -0.381 e. The van der Waals surface area contributed by atoms with Gasteiger partial charge in [-0.2, -0.15) is 5.26 Å². The standard InChI is InChI=1S/C11H19NO/c1-3-9-6-7-10(5-4-8-12)11(9)13-2/h9-11H,3-7H2,1-2H3. The highest BCUT2D eigenvalue weighted by Crippen LogP contribution is 2.37. The highest BCUT2D eigenvalue weighted by Gasteiger charge is 2.34. The summed E-state index contributed by atoms with van der Waals surface area (Å²) in [5, 5.41) is 8.52. The summed E-state index contributed by atoms with van der Waals surface area (Å²) in [5.74, 6) is 1.36. The zero-order valence-corrected chi connectivity index (χ0v) is 8.62. The van der Waals surface area contributed by atoms with E-state index >= 15 is 0 Å². The normalized spacial score (nSPS) is 33.2. The fourth-order valence-electron chi connectivity index (χ4n) is 2.52. The topological polar surface area (TPSA) is 33.0 Å². The van der Waals surface area contributed by atoms with Crippen molar-refractivity contribution < 1.29 is 4.74 Å². The summed E-state index contributed by atoms with van der Waals surface area (Å²) < 4.78 is 5.51. The fraction of sp³-hybridized carbons (Fsp3) is 0.909. The van der Waals surface area contributed by atoms with Crippen molar-refractivity contribution in [2.75, 3.05) is 7.11 Å². The number of methoxy groups -OCH3 is 1. The van der Waals surface area contributed by atoms with E-state index in [9.17, 15) is 0 Å². The van der Waals surface area contributed by atoms with Crippen LogP contribution in [0, 0.1) is 23.2 Å². The molecule has 0 bridgehead atoms. The molecule has 0 aromatic heterocycles. The summed E-state index contributed by atoms with van der Waals surface area (Å²) in [6.07, 6.45) is 5.86. The second-order valence-electron chi connectivity index (χ2n) is 3.90. The van der Waals surface area contributed by atoms with Crippen molar-refractivity contribution in [3.05, 3.63) is 0 Å². The lowest BCUT2D eigenvalue weighted by Crippen LogP contribution is -2.23. The van der Waals surface area contributed by atoms with Crippen LogP contribution < -0.4 is 0 Å². The van der Waals surface area contributed by atoms with Gasteiger partial charge in [-0.05, 0) is 31.1 Å². The van der Waals surface area contributed by atoms with E-state index in [0.29, 0.717) is 18.4 Å². The van der Waals surface area contributed by atoms with Gasteiger partial charge in [-0.1, -0.05) is 13.3 Å². The van der Waals surface area contributed by atoms with Crippen LogP contribution in [0.5, 0.6) is 0 Å². The molecular weight excluding hydrogens is 162 g/mol. The van der Waals surface area contributed by atoms with Gasteiger partial charge in [-0.25, -0.2) is 0 Å². The van der Waals surface area contributed by atoms with Crippen LogP contribution in [0.1, 0.15) is 39.0 Å². The molecule has 13 heavy (non-hydrogen) atoms. The first-order valence-electron chi connectivity index (χ1n) is 5.23. The zero-order valence-electron chi connectivity index (χ0n) is 8.62. The third-order valence-electron chi connectivity index (χ3n) is 3.26.